The van der Waals surface area contributed by atoms with Crippen LogP contribution in [0.15, 0.2) is 42.6 Å². The van der Waals surface area contributed by atoms with Crippen LogP contribution in [0.5, 0.6) is 0 Å². The number of benzene rings is 1. The maximum atomic E-state index is 12.0. The van der Waals surface area contributed by atoms with E-state index in [4.69, 9.17) is 11.6 Å². The number of rotatable bonds is 7. The van der Waals surface area contributed by atoms with Gasteiger partial charge in [0.1, 0.15) is 23.3 Å². The zero-order valence-corrected chi connectivity index (χ0v) is 17.8. The first-order valence-corrected chi connectivity index (χ1v) is 9.87. The van der Waals surface area contributed by atoms with Gasteiger partial charge in [-0.2, -0.15) is 0 Å². The van der Waals surface area contributed by atoms with E-state index >= 15 is 0 Å². The molecule has 0 spiro atoms. The molecule has 0 fully saturated rings. The zero-order valence-electron chi connectivity index (χ0n) is 17.1. The van der Waals surface area contributed by atoms with Crippen LogP contribution in [0, 0.1) is 20.8 Å². The maximum absolute atomic E-state index is 12.0. The highest BCUT2D eigenvalue weighted by Gasteiger charge is 2.05. The van der Waals surface area contributed by atoms with Gasteiger partial charge in [-0.15, -0.1) is 0 Å². The molecule has 0 saturated carbocycles. The first-order valence-electron chi connectivity index (χ1n) is 9.49. The lowest BCUT2D eigenvalue weighted by Crippen LogP contribution is -2.32. The molecule has 3 aromatic rings. The second-order valence-electron chi connectivity index (χ2n) is 6.80. The summed E-state index contributed by atoms with van der Waals surface area (Å²) in [5, 5.41) is 12.5. The van der Waals surface area contributed by atoms with E-state index in [0.717, 1.165) is 11.1 Å². The second kappa shape index (κ2) is 9.89. The smallest absolute Gasteiger partial charge is 0.319 e. The fourth-order valence-corrected chi connectivity index (χ4v) is 2.85. The first-order chi connectivity index (χ1) is 14.4. The third-order valence-electron chi connectivity index (χ3n) is 4.16. The van der Waals surface area contributed by atoms with Gasteiger partial charge in [0.05, 0.1) is 0 Å². The Labute approximate surface area is 180 Å². The molecule has 0 aliphatic rings. The van der Waals surface area contributed by atoms with Gasteiger partial charge in [0, 0.05) is 36.1 Å². The molecule has 0 atom stereocenters. The van der Waals surface area contributed by atoms with Crippen LogP contribution < -0.4 is 21.3 Å². The fraction of sp³-hybridized carbons (Fsp3) is 0.238. The van der Waals surface area contributed by atoms with Crippen LogP contribution in [0.2, 0.25) is 5.02 Å². The molecular formula is C21H24ClN7O. The summed E-state index contributed by atoms with van der Waals surface area (Å²) in [6, 6.07) is 10.7. The minimum atomic E-state index is -0.302. The highest BCUT2D eigenvalue weighted by atomic mass is 35.5. The minimum absolute atomic E-state index is 0.302. The van der Waals surface area contributed by atoms with E-state index in [2.05, 4.69) is 36.2 Å². The standard InChI is InChI=1S/C21H24ClN7O/c1-13-6-7-23-18(10-13)29-20-12-19(26-15(3)27-20)24-8-9-25-21(30)28-16-5-4-14(2)17(22)11-16/h4-7,10-12H,8-9H2,1-3H3,(H2,25,28,30)(H2,23,24,26,27,29). The molecule has 2 heterocycles. The SMILES string of the molecule is Cc1ccnc(Nc2cc(NCCNC(=O)Nc3ccc(C)c(Cl)c3)nc(C)n2)c1. The molecule has 2 amide bonds. The van der Waals surface area contributed by atoms with Crippen molar-refractivity contribution >= 4 is 40.8 Å². The molecule has 8 nitrogen and oxygen atoms in total. The van der Waals surface area contributed by atoms with Gasteiger partial charge in [-0.05, 0) is 56.2 Å². The molecule has 3 rings (SSSR count). The van der Waals surface area contributed by atoms with Crippen molar-refractivity contribution < 1.29 is 4.79 Å². The zero-order chi connectivity index (χ0) is 21.5. The van der Waals surface area contributed by atoms with Gasteiger partial charge in [-0.3, -0.25) is 0 Å². The average Bonchev–Trinajstić information content (AvgIpc) is 2.68. The summed E-state index contributed by atoms with van der Waals surface area (Å²) in [7, 11) is 0. The van der Waals surface area contributed by atoms with Crippen molar-refractivity contribution in [1.29, 1.82) is 0 Å². The van der Waals surface area contributed by atoms with Crippen LogP contribution in [-0.4, -0.2) is 34.1 Å². The van der Waals surface area contributed by atoms with Crippen LogP contribution in [0.25, 0.3) is 0 Å². The first kappa shape index (κ1) is 21.3. The Bertz CT molecular complexity index is 1040. The van der Waals surface area contributed by atoms with Gasteiger partial charge in [-0.1, -0.05) is 17.7 Å². The summed E-state index contributed by atoms with van der Waals surface area (Å²) in [5.74, 6) is 2.64. The summed E-state index contributed by atoms with van der Waals surface area (Å²) < 4.78 is 0. The van der Waals surface area contributed by atoms with E-state index in [1.165, 1.54) is 0 Å². The Kier molecular flexibility index (Phi) is 7.03. The van der Waals surface area contributed by atoms with Crippen LogP contribution in [0.4, 0.5) is 27.9 Å². The molecule has 30 heavy (non-hydrogen) atoms. The minimum Gasteiger partial charge on any atom is -0.368 e. The van der Waals surface area contributed by atoms with Crippen molar-refractivity contribution in [3.8, 4) is 0 Å². The fourth-order valence-electron chi connectivity index (χ4n) is 2.67. The lowest BCUT2D eigenvalue weighted by Gasteiger charge is -2.11. The molecule has 156 valence electrons. The molecule has 0 saturated heterocycles. The third kappa shape index (κ3) is 6.31. The van der Waals surface area contributed by atoms with E-state index in [0.29, 0.717) is 47.1 Å². The normalized spacial score (nSPS) is 10.4. The highest BCUT2D eigenvalue weighted by Crippen LogP contribution is 2.20. The van der Waals surface area contributed by atoms with Crippen molar-refractivity contribution in [2.45, 2.75) is 20.8 Å². The summed E-state index contributed by atoms with van der Waals surface area (Å²) >= 11 is 6.07. The Morgan fingerprint density at radius 3 is 2.53 bits per heavy atom. The van der Waals surface area contributed by atoms with Gasteiger partial charge in [0.2, 0.25) is 0 Å². The van der Waals surface area contributed by atoms with Crippen LogP contribution in [0.1, 0.15) is 17.0 Å². The highest BCUT2D eigenvalue weighted by molar-refractivity contribution is 6.31. The average molecular weight is 426 g/mol. The number of carbonyl (C=O) groups is 1. The molecule has 0 aliphatic heterocycles. The summed E-state index contributed by atoms with van der Waals surface area (Å²) in [6.45, 7) is 6.64. The molecule has 4 N–H and O–H groups in total. The van der Waals surface area contributed by atoms with Crippen LogP contribution in [0.3, 0.4) is 0 Å². The van der Waals surface area contributed by atoms with E-state index in [1.807, 2.05) is 39.0 Å². The Hall–Kier alpha value is -3.39. The molecule has 2 aromatic heterocycles. The topological polar surface area (TPSA) is 104 Å². The number of pyridine rings is 1. The number of halogens is 1. The molecule has 0 radical (unpaired) electrons. The monoisotopic (exact) mass is 425 g/mol. The number of aryl methyl sites for hydroxylation is 3. The Morgan fingerprint density at radius 1 is 0.967 bits per heavy atom. The quantitative estimate of drug-likeness (QED) is 0.417. The maximum Gasteiger partial charge on any atom is 0.319 e. The second-order valence-corrected chi connectivity index (χ2v) is 7.21. The number of aromatic nitrogens is 3. The number of hydrogen-bond acceptors (Lipinski definition) is 6. The van der Waals surface area contributed by atoms with Gasteiger partial charge in [-0.25, -0.2) is 19.7 Å². The number of nitrogens with zero attached hydrogens (tertiary/aromatic N) is 3. The number of urea groups is 1. The van der Waals surface area contributed by atoms with Crippen molar-refractivity contribution in [3.05, 3.63) is 64.6 Å². The Morgan fingerprint density at radius 2 is 1.77 bits per heavy atom. The molecule has 1 aromatic carbocycles. The van der Waals surface area contributed by atoms with E-state index in [9.17, 15) is 4.79 Å². The summed E-state index contributed by atoms with van der Waals surface area (Å²) in [4.78, 5) is 25.1. The molecule has 9 heteroatoms. The van der Waals surface area contributed by atoms with Crippen molar-refractivity contribution in [1.82, 2.24) is 20.3 Å². The predicted octanol–water partition coefficient (Wildman–Crippen LogP) is 4.43. The van der Waals surface area contributed by atoms with Crippen molar-refractivity contribution in [2.75, 3.05) is 29.0 Å². The van der Waals surface area contributed by atoms with E-state index < -0.39 is 0 Å². The largest absolute Gasteiger partial charge is 0.368 e. The molecule has 0 aliphatic carbocycles. The van der Waals surface area contributed by atoms with E-state index in [-0.39, 0.29) is 6.03 Å². The van der Waals surface area contributed by atoms with Crippen molar-refractivity contribution in [2.24, 2.45) is 0 Å². The third-order valence-corrected chi connectivity index (χ3v) is 4.56. The molecular weight excluding hydrogens is 402 g/mol. The number of nitrogens with one attached hydrogen (secondary N) is 4. The van der Waals surface area contributed by atoms with Gasteiger partial charge in [0.15, 0.2) is 0 Å². The molecule has 0 unspecified atom stereocenters. The summed E-state index contributed by atoms with van der Waals surface area (Å²) in [5.41, 5.74) is 2.70. The number of amides is 2. The van der Waals surface area contributed by atoms with Crippen LogP contribution in [-0.2, 0) is 0 Å². The Balaban J connectivity index is 1.49. The van der Waals surface area contributed by atoms with Crippen molar-refractivity contribution in [3.63, 3.8) is 0 Å². The van der Waals surface area contributed by atoms with Crippen LogP contribution >= 0.6 is 11.6 Å². The van der Waals surface area contributed by atoms with Gasteiger partial charge >= 0.3 is 6.03 Å². The number of carbonyl (C=O) groups excluding carboxylic acids is 1. The molecule has 0 bridgehead atoms. The van der Waals surface area contributed by atoms with Gasteiger partial charge in [0.25, 0.3) is 0 Å². The van der Waals surface area contributed by atoms with Gasteiger partial charge < -0.3 is 21.3 Å². The summed E-state index contributed by atoms with van der Waals surface area (Å²) in [6.07, 6.45) is 1.74. The lowest BCUT2D eigenvalue weighted by molar-refractivity contribution is 0.252. The lowest BCUT2D eigenvalue weighted by atomic mass is 10.2. The number of hydrogen-bond donors (Lipinski definition) is 4. The number of anilines is 4. The predicted molar refractivity (Wildman–Crippen MR) is 121 cm³/mol. The van der Waals surface area contributed by atoms with E-state index in [1.54, 1.807) is 24.4 Å².